The number of esters is 1. The summed E-state index contributed by atoms with van der Waals surface area (Å²) in [6.07, 6.45) is 0.727. The topological polar surface area (TPSA) is 149 Å². The zero-order valence-electron chi connectivity index (χ0n) is 19.5. The maximum atomic E-state index is 11.9. The van der Waals surface area contributed by atoms with Gasteiger partial charge < -0.3 is 25.3 Å². The van der Waals surface area contributed by atoms with Crippen LogP contribution in [0.4, 0.5) is 0 Å². The molecule has 0 saturated carbocycles. The van der Waals surface area contributed by atoms with Crippen LogP contribution in [0.3, 0.4) is 0 Å². The summed E-state index contributed by atoms with van der Waals surface area (Å²) >= 11 is 6.09. The summed E-state index contributed by atoms with van der Waals surface area (Å²) in [5.74, 6) is -2.00. The minimum atomic E-state index is -3.73. The highest BCUT2D eigenvalue weighted by Gasteiger charge is 2.20. The monoisotopic (exact) mass is 524 g/mol. The zero-order chi connectivity index (χ0) is 26.2. The van der Waals surface area contributed by atoms with Gasteiger partial charge >= 0.3 is 5.97 Å². The van der Waals surface area contributed by atoms with Crippen LogP contribution in [0.2, 0.25) is 5.02 Å². The van der Waals surface area contributed by atoms with E-state index in [1.54, 1.807) is 29.8 Å². The number of sulfone groups is 1. The second-order valence-corrected chi connectivity index (χ2v) is 10.2. The maximum absolute atomic E-state index is 11.9. The van der Waals surface area contributed by atoms with E-state index in [0.717, 1.165) is 22.0 Å². The zero-order valence-corrected chi connectivity index (χ0v) is 21.1. The molecule has 0 radical (unpaired) electrons. The van der Waals surface area contributed by atoms with Crippen LogP contribution in [-0.4, -0.2) is 60.6 Å². The number of halogens is 1. The second-order valence-electron chi connectivity index (χ2n) is 7.81. The van der Waals surface area contributed by atoms with E-state index in [9.17, 15) is 18.0 Å². The van der Waals surface area contributed by atoms with Crippen molar-refractivity contribution >= 4 is 44.2 Å². The van der Waals surface area contributed by atoms with Crippen molar-refractivity contribution in [3.8, 4) is 0 Å². The molecule has 3 rings (SSSR count). The Hall–Kier alpha value is -2.92. The smallest absolute Gasteiger partial charge is 0.321 e. The highest BCUT2D eigenvalue weighted by atomic mass is 35.5. The number of hydrogen-bond acceptors (Lipinski definition) is 7. The summed E-state index contributed by atoms with van der Waals surface area (Å²) in [5, 5.41) is 18.8. The van der Waals surface area contributed by atoms with Crippen LogP contribution in [0.25, 0.3) is 10.9 Å². The summed E-state index contributed by atoms with van der Waals surface area (Å²) < 4.78 is 30.3. The summed E-state index contributed by atoms with van der Waals surface area (Å²) in [7, 11) is -1.92. The fraction of sp³-hybridized carbons (Fsp3) is 0.333. The molecule has 0 bridgehead atoms. The summed E-state index contributed by atoms with van der Waals surface area (Å²) in [5.41, 5.74) is 8.54. The lowest BCUT2D eigenvalue weighted by molar-refractivity contribution is -0.140. The Morgan fingerprint density at radius 2 is 1.74 bits per heavy atom. The van der Waals surface area contributed by atoms with Crippen LogP contribution in [-0.2, 0) is 32.8 Å². The Balaban J connectivity index is 0.000000256. The van der Waals surface area contributed by atoms with E-state index >= 15 is 0 Å². The van der Waals surface area contributed by atoms with Gasteiger partial charge in [-0.05, 0) is 54.8 Å². The van der Waals surface area contributed by atoms with E-state index in [2.05, 4.69) is 0 Å². The highest BCUT2D eigenvalue weighted by Crippen LogP contribution is 2.27. The van der Waals surface area contributed by atoms with Gasteiger partial charge in [0.05, 0.1) is 22.0 Å². The lowest BCUT2D eigenvalue weighted by Crippen LogP contribution is -2.19. The largest absolute Gasteiger partial charge is 0.465 e. The molecule has 2 aromatic carbocycles. The molecule has 4 N–H and O–H groups in total. The summed E-state index contributed by atoms with van der Waals surface area (Å²) in [6.45, 7) is 1.83. The molecule has 1 heterocycles. The van der Waals surface area contributed by atoms with Gasteiger partial charge in [-0.2, -0.15) is 0 Å². The Morgan fingerprint density at radius 3 is 2.31 bits per heavy atom. The fourth-order valence-electron chi connectivity index (χ4n) is 3.28. The molecule has 1 amide bonds. The third kappa shape index (κ3) is 7.79. The maximum Gasteiger partial charge on any atom is 0.321 e. The van der Waals surface area contributed by atoms with Gasteiger partial charge in [-0.1, -0.05) is 23.7 Å². The van der Waals surface area contributed by atoms with E-state index < -0.39 is 27.5 Å². The average molecular weight is 525 g/mol. The van der Waals surface area contributed by atoms with E-state index in [1.165, 1.54) is 12.1 Å². The molecule has 0 atom stereocenters. The predicted octanol–water partition coefficient (Wildman–Crippen LogP) is 2.16. The van der Waals surface area contributed by atoms with Crippen LogP contribution >= 0.6 is 11.6 Å². The molecule has 0 spiro atoms. The number of hydrogen-bond donors (Lipinski definition) is 3. The average Bonchev–Trinajstić information content (AvgIpc) is 3.12. The third-order valence-corrected chi connectivity index (χ3v) is 6.98. The van der Waals surface area contributed by atoms with E-state index in [-0.39, 0.29) is 31.1 Å². The van der Waals surface area contributed by atoms with Crippen molar-refractivity contribution < 1.29 is 33.0 Å². The number of primary amides is 1. The number of benzene rings is 2. The predicted molar refractivity (Wildman–Crippen MR) is 133 cm³/mol. The van der Waals surface area contributed by atoms with Crippen LogP contribution in [0.5, 0.6) is 0 Å². The van der Waals surface area contributed by atoms with Crippen molar-refractivity contribution in [2.75, 3.05) is 25.6 Å². The molecule has 3 aromatic rings. The van der Waals surface area contributed by atoms with Crippen molar-refractivity contribution in [1.29, 1.82) is 0 Å². The van der Waals surface area contributed by atoms with E-state index in [1.807, 2.05) is 19.1 Å². The molecule has 0 aliphatic carbocycles. The molecule has 1 aromatic heterocycles. The molecule has 0 saturated heterocycles. The van der Waals surface area contributed by atoms with Gasteiger partial charge in [-0.3, -0.25) is 9.59 Å². The van der Waals surface area contributed by atoms with Crippen LogP contribution in [0, 0.1) is 6.92 Å². The first-order valence-electron chi connectivity index (χ1n) is 10.7. The fourth-order valence-corrected chi connectivity index (χ4v) is 4.71. The Kier molecular flexibility index (Phi) is 10.3. The molecule has 0 unspecified atom stereocenters. The molecule has 9 nitrogen and oxygen atoms in total. The lowest BCUT2D eigenvalue weighted by atomic mass is 10.2. The Morgan fingerprint density at radius 1 is 1.09 bits per heavy atom. The number of amides is 1. The number of aryl methyl sites for hydroxylation is 2. The Labute approximate surface area is 209 Å². The van der Waals surface area contributed by atoms with Gasteiger partial charge in [-0.25, -0.2) is 8.42 Å². The first-order valence-corrected chi connectivity index (χ1v) is 12.8. The van der Waals surface area contributed by atoms with Gasteiger partial charge in [0.25, 0.3) is 5.91 Å². The number of rotatable bonds is 9. The summed E-state index contributed by atoms with van der Waals surface area (Å²) in [6, 6.07) is 11.6. The minimum Gasteiger partial charge on any atom is -0.465 e. The lowest BCUT2D eigenvalue weighted by Gasteiger charge is -2.06. The normalized spacial score (nSPS) is 11.1. The molecule has 11 heteroatoms. The van der Waals surface area contributed by atoms with Gasteiger partial charge in [-0.15, -0.1) is 0 Å². The minimum absolute atomic E-state index is 0.000289. The molecule has 190 valence electrons. The quantitative estimate of drug-likeness (QED) is 0.287. The van der Waals surface area contributed by atoms with Gasteiger partial charge in [0.2, 0.25) is 0 Å². The Bertz CT molecular complexity index is 1290. The number of fused-ring (bicyclic) bond motifs is 1. The first-order chi connectivity index (χ1) is 16.5. The van der Waals surface area contributed by atoms with Crippen LogP contribution < -0.4 is 5.73 Å². The first kappa shape index (κ1) is 28.3. The van der Waals surface area contributed by atoms with Gasteiger partial charge in [0.15, 0.2) is 15.6 Å². The number of carbonyl (C=O) groups excluding carboxylic acids is 2. The standard InChI is InChI=1S/C13H18O6S.C11H11ClN2O/c14-7-1-9-19-13(16)10-20(17,18)12-4-2-11(3-5-12)6-8-15;1-6-3-8(12)7-5-10(11(13)15)14(2)9(7)4-6/h2-5,14-15H,1,6-10H2;3-5H,1-2H3,(H2,13,15). The second kappa shape index (κ2) is 12.7. The molecule has 0 aliphatic heterocycles. The van der Waals surface area contributed by atoms with Gasteiger partial charge in [0.1, 0.15) is 5.69 Å². The van der Waals surface area contributed by atoms with Crippen molar-refractivity contribution in [1.82, 2.24) is 4.57 Å². The van der Waals surface area contributed by atoms with Crippen molar-refractivity contribution in [3.63, 3.8) is 0 Å². The van der Waals surface area contributed by atoms with Crippen LogP contribution in [0.1, 0.15) is 28.0 Å². The van der Waals surface area contributed by atoms with E-state index in [0.29, 0.717) is 17.1 Å². The number of carbonyl (C=O) groups is 2. The molecule has 0 aliphatic rings. The number of ether oxygens (including phenoxy) is 1. The molecule has 35 heavy (non-hydrogen) atoms. The SMILES string of the molecule is Cc1cc(Cl)c2cc(C(N)=O)n(C)c2c1.O=C(CS(=O)(=O)c1ccc(CCO)cc1)OCCCO. The number of aliphatic hydroxyl groups excluding tert-OH is 2. The van der Waals surface area contributed by atoms with Gasteiger partial charge in [0, 0.05) is 32.1 Å². The number of aromatic nitrogens is 1. The molecular weight excluding hydrogens is 496 g/mol. The van der Waals surface area contributed by atoms with Crippen LogP contribution in [0.15, 0.2) is 47.4 Å². The summed E-state index contributed by atoms with van der Waals surface area (Å²) in [4.78, 5) is 22.5. The number of nitrogens with two attached hydrogens (primary N) is 1. The van der Waals surface area contributed by atoms with E-state index in [4.69, 9.17) is 32.3 Å². The van der Waals surface area contributed by atoms with Crippen molar-refractivity contribution in [3.05, 3.63) is 64.3 Å². The number of nitrogens with zero attached hydrogens (tertiary/aromatic N) is 1. The number of aliphatic hydroxyl groups is 2. The third-order valence-electron chi connectivity index (χ3n) is 5.06. The molecular formula is C24H29ClN2O7S. The van der Waals surface area contributed by atoms with Crippen molar-refractivity contribution in [2.45, 2.75) is 24.7 Å². The van der Waals surface area contributed by atoms with Crippen molar-refractivity contribution in [2.24, 2.45) is 12.8 Å². The molecule has 0 fully saturated rings. The highest BCUT2D eigenvalue weighted by molar-refractivity contribution is 7.92.